The highest BCUT2D eigenvalue weighted by molar-refractivity contribution is 5.60. The van der Waals surface area contributed by atoms with E-state index in [9.17, 15) is 17.6 Å². The predicted molar refractivity (Wildman–Crippen MR) is 91.7 cm³/mol. The summed E-state index contributed by atoms with van der Waals surface area (Å²) in [5.74, 6) is -3.15. The molecule has 0 radical (unpaired) electrons. The zero-order valence-electron chi connectivity index (χ0n) is 14.9. The maximum absolute atomic E-state index is 14.5. The van der Waals surface area contributed by atoms with Crippen molar-refractivity contribution >= 4 is 0 Å². The molecule has 1 aromatic carbocycles. The van der Waals surface area contributed by atoms with E-state index < -0.39 is 29.8 Å². The van der Waals surface area contributed by atoms with Crippen molar-refractivity contribution < 1.29 is 22.0 Å². The molecule has 11 heteroatoms. The first-order valence-electron chi connectivity index (χ1n) is 8.34. The van der Waals surface area contributed by atoms with Crippen LogP contribution in [0.15, 0.2) is 41.1 Å². The summed E-state index contributed by atoms with van der Waals surface area (Å²) in [4.78, 5) is 4.16. The minimum absolute atomic E-state index is 0.145. The molecule has 0 aliphatic rings. The lowest BCUT2D eigenvalue weighted by atomic mass is 10.1. The zero-order valence-corrected chi connectivity index (χ0v) is 14.9. The van der Waals surface area contributed by atoms with Crippen LogP contribution in [-0.2, 0) is 6.54 Å². The zero-order chi connectivity index (χ0) is 20.5. The van der Waals surface area contributed by atoms with Gasteiger partial charge in [0.25, 0.3) is 5.89 Å². The molecule has 0 amide bonds. The van der Waals surface area contributed by atoms with Gasteiger partial charge in [-0.3, -0.25) is 4.98 Å². The third kappa shape index (κ3) is 3.71. The smallest absolute Gasteiger partial charge is 0.314 e. The van der Waals surface area contributed by atoms with Crippen molar-refractivity contribution in [1.29, 1.82) is 0 Å². The van der Waals surface area contributed by atoms with Crippen LogP contribution in [-0.4, -0.2) is 30.2 Å². The maximum atomic E-state index is 14.5. The van der Waals surface area contributed by atoms with E-state index in [1.807, 2.05) is 13.0 Å². The molecule has 148 valence electrons. The Morgan fingerprint density at radius 1 is 1.10 bits per heavy atom. The highest BCUT2D eigenvalue weighted by atomic mass is 19.3. The summed E-state index contributed by atoms with van der Waals surface area (Å²) in [6.07, 6.45) is 0.211. The number of hydrogen-bond donors (Lipinski definition) is 0. The van der Waals surface area contributed by atoms with Gasteiger partial charge >= 0.3 is 6.43 Å². The van der Waals surface area contributed by atoms with Crippen LogP contribution in [0, 0.1) is 18.6 Å². The second-order valence-corrected chi connectivity index (χ2v) is 6.10. The number of pyridine rings is 1. The molecule has 3 aromatic heterocycles. The van der Waals surface area contributed by atoms with Gasteiger partial charge in [-0.25, -0.2) is 13.5 Å². The van der Waals surface area contributed by atoms with E-state index in [0.717, 1.165) is 23.4 Å². The molecule has 0 atom stereocenters. The summed E-state index contributed by atoms with van der Waals surface area (Å²) in [5, 5.41) is 14.4. The van der Waals surface area contributed by atoms with Crippen molar-refractivity contribution in [1.82, 2.24) is 30.2 Å². The minimum atomic E-state index is -2.98. The predicted octanol–water partition coefficient (Wildman–Crippen LogP) is 3.96. The quantitative estimate of drug-likeness (QED) is 0.468. The summed E-state index contributed by atoms with van der Waals surface area (Å²) < 4.78 is 60.1. The fourth-order valence-electron chi connectivity index (χ4n) is 2.73. The number of aryl methyl sites for hydroxylation is 1. The average Bonchev–Trinajstić information content (AvgIpc) is 3.35. The number of nitrogens with zero attached hydrogens (tertiary/aromatic N) is 6. The Morgan fingerprint density at radius 3 is 2.52 bits per heavy atom. The van der Waals surface area contributed by atoms with Gasteiger partial charge in [0.15, 0.2) is 0 Å². The standard InChI is InChI=1S/C18H12F4N6O/c1-9-11(3-2-4-23-9)15-8-28(27-24-15)7-12-13(19)5-10(6-14(12)20)17-25-26-18(29-17)16(21)22/h2-6,8,16H,7H2,1H3. The van der Waals surface area contributed by atoms with Gasteiger partial charge in [-0.1, -0.05) is 5.21 Å². The van der Waals surface area contributed by atoms with E-state index in [0.29, 0.717) is 5.69 Å². The van der Waals surface area contributed by atoms with Crippen LogP contribution in [0.2, 0.25) is 0 Å². The fourth-order valence-corrected chi connectivity index (χ4v) is 2.73. The highest BCUT2D eigenvalue weighted by Gasteiger charge is 2.20. The van der Waals surface area contributed by atoms with Crippen molar-refractivity contribution in [3.63, 3.8) is 0 Å². The fraction of sp³-hybridized carbons (Fsp3) is 0.167. The molecule has 7 nitrogen and oxygen atoms in total. The van der Waals surface area contributed by atoms with E-state index in [2.05, 4.69) is 25.5 Å². The number of benzene rings is 1. The molecule has 4 rings (SSSR count). The number of aromatic nitrogens is 6. The molecule has 4 aromatic rings. The number of hydrogen-bond acceptors (Lipinski definition) is 6. The monoisotopic (exact) mass is 404 g/mol. The van der Waals surface area contributed by atoms with Gasteiger partial charge in [0, 0.05) is 28.6 Å². The molecule has 0 saturated carbocycles. The van der Waals surface area contributed by atoms with Gasteiger partial charge in [-0.05, 0) is 31.2 Å². The molecule has 0 aliphatic heterocycles. The van der Waals surface area contributed by atoms with Gasteiger partial charge in [-0.2, -0.15) is 8.78 Å². The van der Waals surface area contributed by atoms with Crippen LogP contribution in [0.1, 0.15) is 23.6 Å². The lowest BCUT2D eigenvalue weighted by molar-refractivity contribution is 0.116. The van der Waals surface area contributed by atoms with Gasteiger partial charge in [0.1, 0.15) is 17.3 Å². The van der Waals surface area contributed by atoms with E-state index in [1.54, 1.807) is 18.5 Å². The Bertz CT molecular complexity index is 1150. The van der Waals surface area contributed by atoms with Crippen molar-refractivity contribution in [2.24, 2.45) is 0 Å². The molecule has 0 fully saturated rings. The largest absolute Gasteiger partial charge is 0.415 e. The number of halogens is 4. The molecule has 0 spiro atoms. The normalized spacial score (nSPS) is 11.4. The second-order valence-electron chi connectivity index (χ2n) is 6.10. The van der Waals surface area contributed by atoms with Crippen molar-refractivity contribution in [3.05, 3.63) is 65.4 Å². The molecular weight excluding hydrogens is 392 g/mol. The summed E-state index contributed by atoms with van der Waals surface area (Å²) in [5.41, 5.74) is 1.58. The van der Waals surface area contributed by atoms with Crippen LogP contribution in [0.3, 0.4) is 0 Å². The summed E-state index contributed by atoms with van der Waals surface area (Å²) in [6, 6.07) is 5.43. The van der Waals surface area contributed by atoms with E-state index in [1.165, 1.54) is 4.68 Å². The first-order valence-corrected chi connectivity index (χ1v) is 8.34. The Morgan fingerprint density at radius 2 is 1.86 bits per heavy atom. The topological polar surface area (TPSA) is 82.5 Å². The minimum Gasteiger partial charge on any atom is -0.415 e. The molecule has 0 saturated heterocycles. The third-order valence-electron chi connectivity index (χ3n) is 4.16. The second kappa shape index (κ2) is 7.41. The summed E-state index contributed by atoms with van der Waals surface area (Å²) in [6.45, 7) is 1.58. The first kappa shape index (κ1) is 18.7. The van der Waals surface area contributed by atoms with Crippen LogP contribution in [0.25, 0.3) is 22.7 Å². The Labute approximate surface area is 161 Å². The van der Waals surface area contributed by atoms with Crippen LogP contribution in [0.4, 0.5) is 17.6 Å². The number of rotatable bonds is 5. The average molecular weight is 404 g/mol. The molecule has 0 unspecified atom stereocenters. The number of alkyl halides is 2. The third-order valence-corrected chi connectivity index (χ3v) is 4.16. The van der Waals surface area contributed by atoms with E-state index >= 15 is 0 Å². The van der Waals surface area contributed by atoms with Gasteiger partial charge < -0.3 is 4.42 Å². The van der Waals surface area contributed by atoms with Gasteiger partial charge in [-0.15, -0.1) is 15.3 Å². The SMILES string of the molecule is Cc1ncccc1-c1cn(Cc2c(F)cc(-c3nnc(C(F)F)o3)cc2F)nn1. The summed E-state index contributed by atoms with van der Waals surface area (Å²) >= 11 is 0. The van der Waals surface area contributed by atoms with Crippen LogP contribution < -0.4 is 0 Å². The lowest BCUT2D eigenvalue weighted by Crippen LogP contribution is -2.06. The van der Waals surface area contributed by atoms with Gasteiger partial charge in [0.05, 0.1) is 12.7 Å². The van der Waals surface area contributed by atoms with Gasteiger partial charge in [0.2, 0.25) is 5.89 Å². The Hall–Kier alpha value is -3.63. The van der Waals surface area contributed by atoms with E-state index in [4.69, 9.17) is 4.42 Å². The Balaban J connectivity index is 1.61. The summed E-state index contributed by atoms with van der Waals surface area (Å²) in [7, 11) is 0. The first-order chi connectivity index (χ1) is 13.9. The van der Waals surface area contributed by atoms with Crippen molar-refractivity contribution in [3.8, 4) is 22.7 Å². The molecule has 0 N–H and O–H groups in total. The van der Waals surface area contributed by atoms with Crippen LogP contribution >= 0.6 is 0 Å². The van der Waals surface area contributed by atoms with Crippen molar-refractivity contribution in [2.75, 3.05) is 0 Å². The molecule has 29 heavy (non-hydrogen) atoms. The highest BCUT2D eigenvalue weighted by Crippen LogP contribution is 2.27. The molecular formula is C18H12F4N6O. The Kier molecular flexibility index (Phi) is 4.79. The maximum Gasteiger partial charge on any atom is 0.314 e. The lowest BCUT2D eigenvalue weighted by Gasteiger charge is -2.06. The van der Waals surface area contributed by atoms with Crippen LogP contribution in [0.5, 0.6) is 0 Å². The molecule has 3 heterocycles. The molecule has 0 aliphatic carbocycles. The van der Waals surface area contributed by atoms with Crippen molar-refractivity contribution in [2.45, 2.75) is 19.9 Å². The van der Waals surface area contributed by atoms with E-state index in [-0.39, 0.29) is 17.7 Å². The molecule has 0 bridgehead atoms.